The average Bonchev–Trinajstić information content (AvgIpc) is 3.29. The van der Waals surface area contributed by atoms with Crippen molar-refractivity contribution in [3.05, 3.63) is 53.5 Å². The highest BCUT2D eigenvalue weighted by atomic mass is 35.5. The van der Waals surface area contributed by atoms with Gasteiger partial charge >= 0.3 is 0 Å². The first-order valence-corrected chi connectivity index (χ1v) is 13.1. The largest absolute Gasteiger partial charge is 0.506 e. The van der Waals surface area contributed by atoms with Crippen molar-refractivity contribution in [2.75, 3.05) is 18.4 Å². The van der Waals surface area contributed by atoms with E-state index in [1.165, 1.54) is 49.5 Å². The summed E-state index contributed by atoms with van der Waals surface area (Å²) in [5, 5.41) is 18.0. The van der Waals surface area contributed by atoms with E-state index in [0.29, 0.717) is 10.6 Å². The molecule has 14 heteroatoms. The van der Waals surface area contributed by atoms with E-state index in [4.69, 9.17) is 27.5 Å². The Kier molecular flexibility index (Phi) is 9.40. The second-order valence-electron chi connectivity index (χ2n) is 7.76. The summed E-state index contributed by atoms with van der Waals surface area (Å²) in [4.78, 5) is 12.2. The molecule has 2 N–H and O–H groups in total. The molecule has 12 nitrogen and oxygen atoms in total. The molecule has 3 rings (SSSR count). The summed E-state index contributed by atoms with van der Waals surface area (Å²) in [7, 11) is -2.79. The third-order valence-corrected chi connectivity index (χ3v) is 7.13. The number of allylic oxidation sites excluding steroid dienone is 1. The van der Waals surface area contributed by atoms with E-state index in [-0.39, 0.29) is 41.4 Å². The molecule has 3 aromatic rings. The number of hydrogen-bond acceptors (Lipinski definition) is 10. The summed E-state index contributed by atoms with van der Waals surface area (Å²) < 4.78 is 42.0. The third kappa shape index (κ3) is 6.28. The normalized spacial score (nSPS) is 13.7. The molecule has 2 aromatic heterocycles. The van der Waals surface area contributed by atoms with Crippen LogP contribution in [-0.2, 0) is 14.8 Å². The summed E-state index contributed by atoms with van der Waals surface area (Å²) in [6.07, 6.45) is 9.57. The number of nitrogens with one attached hydrogen (secondary N) is 1. The number of phenols is 1. The SMILES string of the molecule is C#C/C=N\C=C(/C)c1nnc(NS(=O)(=O)[C@@H](C)[C@H](OCC)c2ncc(Cl)cn2)n1-c1c(O)cccc1OC. The number of rotatable bonds is 11. The van der Waals surface area contributed by atoms with Gasteiger partial charge in [-0.3, -0.25) is 14.3 Å². The van der Waals surface area contributed by atoms with E-state index >= 15 is 0 Å². The van der Waals surface area contributed by atoms with Crippen molar-refractivity contribution in [1.82, 2.24) is 24.7 Å². The van der Waals surface area contributed by atoms with Crippen LogP contribution in [0.2, 0.25) is 5.02 Å². The lowest BCUT2D eigenvalue weighted by atomic mass is 10.2. The van der Waals surface area contributed by atoms with Gasteiger partial charge < -0.3 is 14.6 Å². The molecule has 0 saturated heterocycles. The lowest BCUT2D eigenvalue weighted by Gasteiger charge is -2.23. The lowest BCUT2D eigenvalue weighted by Crippen LogP contribution is -2.34. The van der Waals surface area contributed by atoms with Crippen LogP contribution in [0, 0.1) is 12.3 Å². The highest BCUT2D eigenvalue weighted by Crippen LogP contribution is 2.36. The molecule has 0 unspecified atom stereocenters. The monoisotopic (exact) mass is 559 g/mol. The van der Waals surface area contributed by atoms with Gasteiger partial charge in [-0.25, -0.2) is 18.4 Å². The molecule has 0 aliphatic rings. The minimum atomic E-state index is -4.20. The Balaban J connectivity index is 2.13. The average molecular weight is 560 g/mol. The lowest BCUT2D eigenvalue weighted by molar-refractivity contribution is 0.0558. The van der Waals surface area contributed by atoms with Crippen LogP contribution in [-0.4, -0.2) is 63.4 Å². The van der Waals surface area contributed by atoms with Gasteiger partial charge in [-0.1, -0.05) is 23.6 Å². The van der Waals surface area contributed by atoms with Crippen LogP contribution >= 0.6 is 11.6 Å². The molecular weight excluding hydrogens is 534 g/mol. The smallest absolute Gasteiger partial charge is 0.243 e. The summed E-state index contributed by atoms with van der Waals surface area (Å²) in [5.74, 6) is 2.40. The number of aromatic hydroxyl groups is 1. The first-order chi connectivity index (χ1) is 18.1. The molecule has 0 aliphatic carbocycles. The minimum Gasteiger partial charge on any atom is -0.506 e. The van der Waals surface area contributed by atoms with Crippen LogP contribution in [0.5, 0.6) is 11.5 Å². The third-order valence-electron chi connectivity index (χ3n) is 5.24. The maximum atomic E-state index is 13.6. The first-order valence-electron chi connectivity index (χ1n) is 11.2. The van der Waals surface area contributed by atoms with Gasteiger partial charge in [-0.2, -0.15) is 0 Å². The van der Waals surface area contributed by atoms with Crippen molar-refractivity contribution in [2.24, 2.45) is 4.99 Å². The van der Waals surface area contributed by atoms with E-state index in [9.17, 15) is 13.5 Å². The fourth-order valence-corrected chi connectivity index (χ4v) is 4.62. The van der Waals surface area contributed by atoms with Gasteiger partial charge in [-0.05, 0) is 32.9 Å². The summed E-state index contributed by atoms with van der Waals surface area (Å²) in [6.45, 7) is 5.04. The molecule has 0 saturated carbocycles. The zero-order valence-electron chi connectivity index (χ0n) is 21.0. The first kappa shape index (κ1) is 28.6. The predicted octanol–water partition coefficient (Wildman–Crippen LogP) is 3.40. The number of aliphatic imine (C=N–C) groups is 1. The maximum Gasteiger partial charge on any atom is 0.243 e. The van der Waals surface area contributed by atoms with Gasteiger partial charge in [0.2, 0.25) is 16.0 Å². The van der Waals surface area contributed by atoms with Gasteiger partial charge in [0.1, 0.15) is 28.5 Å². The topological polar surface area (TPSA) is 154 Å². The number of sulfonamides is 1. The Morgan fingerprint density at radius 2 is 2.05 bits per heavy atom. The number of halogens is 1. The van der Waals surface area contributed by atoms with E-state index in [1.807, 2.05) is 0 Å². The van der Waals surface area contributed by atoms with Gasteiger partial charge in [0.25, 0.3) is 0 Å². The Morgan fingerprint density at radius 3 is 2.68 bits per heavy atom. The number of ether oxygens (including phenoxy) is 2. The van der Waals surface area contributed by atoms with Gasteiger partial charge in [-0.15, -0.1) is 16.6 Å². The van der Waals surface area contributed by atoms with Crippen molar-refractivity contribution in [2.45, 2.75) is 32.1 Å². The number of terminal acetylenes is 1. The highest BCUT2D eigenvalue weighted by Gasteiger charge is 2.35. The Labute approximate surface area is 225 Å². The number of nitrogens with zero attached hydrogens (tertiary/aromatic N) is 6. The zero-order chi connectivity index (χ0) is 27.9. The minimum absolute atomic E-state index is 0.108. The van der Waals surface area contributed by atoms with Crippen molar-refractivity contribution in [3.8, 4) is 29.5 Å². The zero-order valence-corrected chi connectivity index (χ0v) is 22.6. The van der Waals surface area contributed by atoms with E-state index < -0.39 is 21.4 Å². The Hall–Kier alpha value is -3.99. The number of para-hydroxylation sites is 1. The fraction of sp³-hybridized carbons (Fsp3) is 0.292. The van der Waals surface area contributed by atoms with Gasteiger partial charge in [0, 0.05) is 30.8 Å². The molecule has 200 valence electrons. The molecular formula is C24H26ClN7O5S. The number of aromatic nitrogens is 5. The molecule has 1 aromatic carbocycles. The summed E-state index contributed by atoms with van der Waals surface area (Å²) >= 11 is 5.88. The molecule has 0 spiro atoms. The molecule has 38 heavy (non-hydrogen) atoms. The number of hydrogen-bond donors (Lipinski definition) is 2. The quantitative estimate of drug-likeness (QED) is 0.266. The predicted molar refractivity (Wildman–Crippen MR) is 144 cm³/mol. The molecule has 2 atom stereocenters. The van der Waals surface area contributed by atoms with Crippen LogP contribution in [0.15, 0.2) is 41.8 Å². The Morgan fingerprint density at radius 1 is 1.34 bits per heavy atom. The van der Waals surface area contributed by atoms with Gasteiger partial charge in [0.05, 0.1) is 18.3 Å². The molecule has 0 amide bonds. The molecule has 0 radical (unpaired) electrons. The second kappa shape index (κ2) is 12.5. The molecule has 0 aliphatic heterocycles. The maximum absolute atomic E-state index is 13.6. The van der Waals surface area contributed by atoms with Crippen molar-refractivity contribution >= 4 is 39.4 Å². The highest BCUT2D eigenvalue weighted by molar-refractivity contribution is 7.93. The molecule has 0 fully saturated rings. The second-order valence-corrected chi connectivity index (χ2v) is 10.2. The van der Waals surface area contributed by atoms with Crippen molar-refractivity contribution in [1.29, 1.82) is 0 Å². The van der Waals surface area contributed by atoms with Crippen molar-refractivity contribution < 1.29 is 23.0 Å². The fourth-order valence-electron chi connectivity index (χ4n) is 3.42. The number of benzene rings is 1. The van der Waals surface area contributed by atoms with Crippen LogP contribution in [0.4, 0.5) is 5.95 Å². The van der Waals surface area contributed by atoms with Crippen molar-refractivity contribution in [3.63, 3.8) is 0 Å². The van der Waals surface area contributed by atoms with Crippen LogP contribution in [0.1, 0.15) is 38.5 Å². The number of phenolic OH excluding ortho intramolecular Hbond substituents is 1. The standard InChI is InChI=1S/C24H26ClN7O5S/c1-6-11-26-12-15(3)23-29-30-24(32(23)20-18(33)9-8-10-19(20)36-5)31-38(34,35)16(4)21(37-7-2)22-27-13-17(25)14-28-22/h1,8-14,16,21,33H,7H2,2-5H3,(H,30,31)/b15-12+,26-11-/t16-,21-/m0/s1. The van der Waals surface area contributed by atoms with E-state index in [1.54, 1.807) is 26.0 Å². The van der Waals surface area contributed by atoms with Gasteiger partial charge in [0.15, 0.2) is 11.6 Å². The van der Waals surface area contributed by atoms with E-state index in [0.717, 1.165) is 0 Å². The van der Waals surface area contributed by atoms with Crippen LogP contribution in [0.3, 0.4) is 0 Å². The number of methoxy groups -OCH3 is 1. The summed E-state index contributed by atoms with van der Waals surface area (Å²) in [5.41, 5.74) is 0.575. The van der Waals surface area contributed by atoms with E-state index in [2.05, 4.69) is 35.8 Å². The molecule has 0 bridgehead atoms. The van der Waals surface area contributed by atoms with Crippen LogP contribution < -0.4 is 9.46 Å². The molecule has 2 heterocycles. The number of anilines is 1. The Bertz CT molecular complexity index is 1480. The summed E-state index contributed by atoms with van der Waals surface area (Å²) in [6, 6.07) is 4.59. The van der Waals surface area contributed by atoms with Crippen LogP contribution in [0.25, 0.3) is 11.3 Å².